The molecule has 29 heavy (non-hydrogen) atoms. The van der Waals surface area contributed by atoms with Crippen LogP contribution in [0.15, 0.2) is 51.8 Å². The molecule has 1 atom stereocenters. The zero-order valence-electron chi connectivity index (χ0n) is 15.1. The van der Waals surface area contributed by atoms with Gasteiger partial charge >= 0.3 is 5.97 Å². The van der Waals surface area contributed by atoms with Crippen LogP contribution in [0.4, 0.5) is 10.1 Å². The van der Waals surface area contributed by atoms with Crippen LogP contribution in [0.1, 0.15) is 17.3 Å². The first-order valence-corrected chi connectivity index (χ1v) is 10.4. The Kier molecular flexibility index (Phi) is 7.50. The minimum atomic E-state index is -3.79. The van der Waals surface area contributed by atoms with E-state index in [1.807, 2.05) is 0 Å². The fourth-order valence-electron chi connectivity index (χ4n) is 2.10. The molecular formula is C19H16BrFN2O5S. The van der Waals surface area contributed by atoms with Gasteiger partial charge in [-0.2, -0.15) is 4.72 Å². The number of carbonyl (C=O) groups is 2. The van der Waals surface area contributed by atoms with E-state index in [1.54, 1.807) is 6.07 Å². The van der Waals surface area contributed by atoms with Crippen LogP contribution in [-0.2, 0) is 19.6 Å². The molecule has 2 aromatic rings. The molecule has 0 aliphatic heterocycles. The van der Waals surface area contributed by atoms with Gasteiger partial charge in [0, 0.05) is 4.47 Å². The number of terminal acetylenes is 1. The van der Waals surface area contributed by atoms with Crippen LogP contribution < -0.4 is 10.0 Å². The lowest BCUT2D eigenvalue weighted by atomic mass is 10.2. The fraction of sp³-hybridized carbons (Fsp3) is 0.158. The van der Waals surface area contributed by atoms with Gasteiger partial charge in [0.05, 0.1) is 22.7 Å². The summed E-state index contributed by atoms with van der Waals surface area (Å²) in [4.78, 5) is 24.2. The Bertz CT molecular complexity index is 1060. The number of nitrogens with one attached hydrogen (secondary N) is 2. The molecular weight excluding hydrogens is 467 g/mol. The van der Waals surface area contributed by atoms with Gasteiger partial charge in [-0.1, -0.05) is 21.9 Å². The second-order valence-electron chi connectivity index (χ2n) is 5.71. The number of hydrogen-bond acceptors (Lipinski definition) is 5. The minimum Gasteiger partial charge on any atom is -0.449 e. The molecule has 152 valence electrons. The molecule has 2 aromatic carbocycles. The number of ether oxygens (including phenoxy) is 1. The highest BCUT2D eigenvalue weighted by Gasteiger charge is 2.21. The predicted molar refractivity (Wildman–Crippen MR) is 108 cm³/mol. The van der Waals surface area contributed by atoms with E-state index in [0.29, 0.717) is 4.47 Å². The van der Waals surface area contributed by atoms with Gasteiger partial charge < -0.3 is 10.1 Å². The number of benzene rings is 2. The summed E-state index contributed by atoms with van der Waals surface area (Å²) in [5, 5.41) is 2.33. The Balaban J connectivity index is 2.02. The average Bonchev–Trinajstić information content (AvgIpc) is 2.68. The van der Waals surface area contributed by atoms with Crippen molar-refractivity contribution in [1.82, 2.24) is 4.72 Å². The van der Waals surface area contributed by atoms with E-state index in [-0.39, 0.29) is 22.7 Å². The highest BCUT2D eigenvalue weighted by molar-refractivity contribution is 9.10. The van der Waals surface area contributed by atoms with Crippen molar-refractivity contribution in [3.8, 4) is 12.3 Å². The summed E-state index contributed by atoms with van der Waals surface area (Å²) >= 11 is 3.11. The number of sulfonamides is 1. The molecule has 0 bridgehead atoms. The predicted octanol–water partition coefficient (Wildman–Crippen LogP) is 2.68. The summed E-state index contributed by atoms with van der Waals surface area (Å²) in [5.74, 6) is -0.0685. The van der Waals surface area contributed by atoms with Crippen LogP contribution in [0.25, 0.3) is 0 Å². The molecule has 7 nitrogen and oxygen atoms in total. The van der Waals surface area contributed by atoms with Crippen LogP contribution in [0.2, 0.25) is 0 Å². The summed E-state index contributed by atoms with van der Waals surface area (Å²) in [6.45, 7) is 1.16. The average molecular weight is 483 g/mol. The second kappa shape index (κ2) is 9.65. The molecule has 0 spiro atoms. The van der Waals surface area contributed by atoms with Gasteiger partial charge in [0.2, 0.25) is 10.0 Å². The van der Waals surface area contributed by atoms with Crippen LogP contribution in [0.5, 0.6) is 0 Å². The summed E-state index contributed by atoms with van der Waals surface area (Å²) in [6, 6.07) is 8.98. The van der Waals surface area contributed by atoms with Gasteiger partial charge in [-0.15, -0.1) is 6.42 Å². The van der Waals surface area contributed by atoms with Gasteiger partial charge in [0.25, 0.3) is 5.91 Å². The van der Waals surface area contributed by atoms with E-state index in [0.717, 1.165) is 0 Å². The quantitative estimate of drug-likeness (QED) is 0.466. The number of esters is 1. The smallest absolute Gasteiger partial charge is 0.338 e. The molecule has 0 aliphatic carbocycles. The molecule has 2 rings (SSSR count). The molecule has 0 saturated heterocycles. The number of amides is 1. The maximum absolute atomic E-state index is 13.8. The van der Waals surface area contributed by atoms with E-state index >= 15 is 0 Å². The van der Waals surface area contributed by atoms with E-state index < -0.39 is 33.8 Å². The van der Waals surface area contributed by atoms with Crippen molar-refractivity contribution in [3.05, 3.63) is 58.3 Å². The molecule has 2 N–H and O–H groups in total. The maximum Gasteiger partial charge on any atom is 0.338 e. The summed E-state index contributed by atoms with van der Waals surface area (Å²) in [6.07, 6.45) is 3.80. The van der Waals surface area contributed by atoms with Crippen LogP contribution in [0, 0.1) is 18.2 Å². The molecule has 1 amide bonds. The SMILES string of the molecule is C#CCNS(=O)(=O)c1ccc(C(=O)OC(C)C(=O)Nc2ccc(Br)cc2F)cc1. The Labute approximate surface area is 175 Å². The number of anilines is 1. The van der Waals surface area contributed by atoms with Gasteiger partial charge in [0.15, 0.2) is 6.10 Å². The first kappa shape index (κ1) is 22.5. The first-order chi connectivity index (χ1) is 13.6. The largest absolute Gasteiger partial charge is 0.449 e. The molecule has 10 heteroatoms. The summed E-state index contributed by atoms with van der Waals surface area (Å²) < 4.78 is 45.4. The Morgan fingerprint density at radius 1 is 1.24 bits per heavy atom. The highest BCUT2D eigenvalue weighted by Crippen LogP contribution is 2.20. The van der Waals surface area contributed by atoms with Crippen molar-refractivity contribution in [2.45, 2.75) is 17.9 Å². The Hall–Kier alpha value is -2.74. The van der Waals surface area contributed by atoms with Crippen LogP contribution in [-0.4, -0.2) is 32.9 Å². The maximum atomic E-state index is 13.8. The highest BCUT2D eigenvalue weighted by atomic mass is 79.9. The van der Waals surface area contributed by atoms with Gasteiger partial charge in [-0.05, 0) is 49.4 Å². The van der Waals surface area contributed by atoms with Crippen molar-refractivity contribution >= 4 is 43.5 Å². The summed E-state index contributed by atoms with van der Waals surface area (Å²) in [7, 11) is -3.79. The van der Waals surface area contributed by atoms with Crippen LogP contribution in [0.3, 0.4) is 0 Å². The van der Waals surface area contributed by atoms with Crippen LogP contribution >= 0.6 is 15.9 Å². The van der Waals surface area contributed by atoms with Crippen molar-refractivity contribution in [2.24, 2.45) is 0 Å². The normalized spacial score (nSPS) is 11.9. The molecule has 0 aromatic heterocycles. The standard InChI is InChI=1S/C19H16BrFN2O5S/c1-3-10-22-29(26,27)15-7-4-13(5-8-15)19(25)28-12(2)18(24)23-17-9-6-14(20)11-16(17)21/h1,4-9,11-12,22H,10H2,2H3,(H,23,24). The fourth-order valence-corrected chi connectivity index (χ4v) is 3.37. The monoisotopic (exact) mass is 482 g/mol. The molecule has 0 saturated carbocycles. The number of rotatable bonds is 7. The zero-order valence-corrected chi connectivity index (χ0v) is 17.5. The third-order valence-corrected chi connectivity index (χ3v) is 5.52. The molecule has 0 aliphatic rings. The number of halogens is 2. The van der Waals surface area contributed by atoms with E-state index in [9.17, 15) is 22.4 Å². The zero-order chi connectivity index (χ0) is 21.6. The second-order valence-corrected chi connectivity index (χ2v) is 8.40. The lowest BCUT2D eigenvalue weighted by molar-refractivity contribution is -0.123. The van der Waals surface area contributed by atoms with Crippen molar-refractivity contribution in [3.63, 3.8) is 0 Å². The molecule has 0 fully saturated rings. The first-order valence-electron chi connectivity index (χ1n) is 8.14. The van der Waals surface area contributed by atoms with Crippen molar-refractivity contribution in [2.75, 3.05) is 11.9 Å². The number of hydrogen-bond donors (Lipinski definition) is 2. The van der Waals surface area contributed by atoms with Gasteiger partial charge in [-0.3, -0.25) is 4.79 Å². The molecule has 1 unspecified atom stereocenters. The van der Waals surface area contributed by atoms with Crippen molar-refractivity contribution < 1.29 is 27.1 Å². The Morgan fingerprint density at radius 2 is 1.90 bits per heavy atom. The van der Waals surface area contributed by atoms with Gasteiger partial charge in [0.1, 0.15) is 5.82 Å². The lowest BCUT2D eigenvalue weighted by Gasteiger charge is -2.14. The number of carbonyl (C=O) groups excluding carboxylic acids is 2. The van der Waals surface area contributed by atoms with E-state index in [1.165, 1.54) is 43.3 Å². The third-order valence-electron chi connectivity index (χ3n) is 3.61. The lowest BCUT2D eigenvalue weighted by Crippen LogP contribution is -2.30. The summed E-state index contributed by atoms with van der Waals surface area (Å²) in [5.41, 5.74) is -0.0227. The van der Waals surface area contributed by atoms with Gasteiger partial charge in [-0.25, -0.2) is 17.6 Å². The minimum absolute atomic E-state index is 0.0374. The Morgan fingerprint density at radius 3 is 2.48 bits per heavy atom. The van der Waals surface area contributed by atoms with E-state index in [4.69, 9.17) is 11.2 Å². The topological polar surface area (TPSA) is 102 Å². The molecule has 0 heterocycles. The third kappa shape index (κ3) is 6.12. The molecule has 0 radical (unpaired) electrons. The van der Waals surface area contributed by atoms with E-state index in [2.05, 4.69) is 31.9 Å². The van der Waals surface area contributed by atoms with Crippen molar-refractivity contribution in [1.29, 1.82) is 0 Å².